The highest BCUT2D eigenvalue weighted by Gasteiger charge is 2.55. The summed E-state index contributed by atoms with van der Waals surface area (Å²) in [6.45, 7) is 10.1. The quantitative estimate of drug-likeness (QED) is 0.156. The number of aliphatic hydroxyl groups is 1. The first-order chi connectivity index (χ1) is 30.7. The average Bonchev–Trinajstić information content (AvgIpc) is 3.25. The molecule has 5 aliphatic rings. The lowest BCUT2D eigenvalue weighted by Crippen LogP contribution is -2.64. The summed E-state index contributed by atoms with van der Waals surface area (Å²) in [7, 11) is 3.28. The third-order valence-electron chi connectivity index (χ3n) is 14.3. The van der Waals surface area contributed by atoms with Gasteiger partial charge in [-0.1, -0.05) is 6.92 Å². The molecule has 1 aromatic heterocycles. The number of methoxy groups -OCH3 is 1. The number of piperidine rings is 3. The molecule has 4 aliphatic heterocycles. The van der Waals surface area contributed by atoms with Crippen LogP contribution in [0.15, 0.2) is 36.5 Å². The molecule has 1 aliphatic carbocycles. The Kier molecular flexibility index (Phi) is 12.9. The van der Waals surface area contributed by atoms with Crippen LogP contribution in [0.2, 0.25) is 0 Å². The molecule has 3 saturated heterocycles. The maximum Gasteiger partial charge on any atom is 0.251 e. The van der Waals surface area contributed by atoms with E-state index in [2.05, 4.69) is 25.8 Å². The molecule has 4 fully saturated rings. The summed E-state index contributed by atoms with van der Waals surface area (Å²) in [6.07, 6.45) is 8.29. The average molecular weight is 886 g/mol. The number of nitrogens with one attached hydrogen (secondary N) is 3. The molecule has 15 nitrogen and oxygen atoms in total. The molecule has 1 spiro atoms. The molecular weight excluding hydrogens is 825 g/mol. The van der Waals surface area contributed by atoms with Crippen LogP contribution in [0.1, 0.15) is 107 Å². The first-order valence-corrected chi connectivity index (χ1v) is 22.8. The number of carbonyl (C=O) groups is 4. The van der Waals surface area contributed by atoms with Gasteiger partial charge in [0, 0.05) is 68.1 Å². The van der Waals surface area contributed by atoms with Gasteiger partial charge in [0.15, 0.2) is 5.82 Å². The number of benzene rings is 2. The Hall–Kier alpha value is -5.42. The summed E-state index contributed by atoms with van der Waals surface area (Å²) in [5.41, 5.74) is 1.37. The van der Waals surface area contributed by atoms with Crippen LogP contribution in [0.5, 0.6) is 5.75 Å². The second-order valence-electron chi connectivity index (χ2n) is 18.9. The molecule has 0 radical (unpaired) electrons. The number of hydrogen-bond donors (Lipinski definition) is 4. The number of likely N-dealkylation sites (tertiary alicyclic amines) is 1. The molecule has 17 heteroatoms. The maximum absolute atomic E-state index is 15.4. The van der Waals surface area contributed by atoms with Crippen molar-refractivity contribution in [3.05, 3.63) is 59.3 Å². The number of nitrogens with zero attached hydrogens (tertiary/aromatic N) is 6. The number of fused-ring (bicyclic) bond motifs is 1. The maximum atomic E-state index is 15.4. The third kappa shape index (κ3) is 8.84. The largest absolute Gasteiger partial charge is 0.495 e. The van der Waals surface area contributed by atoms with E-state index in [0.29, 0.717) is 72.0 Å². The van der Waals surface area contributed by atoms with Crippen LogP contribution in [0, 0.1) is 23.0 Å². The summed E-state index contributed by atoms with van der Waals surface area (Å²) in [5, 5.41) is 18.9. The fraction of sp³-hybridized carbons (Fsp3) is 0.574. The number of halogens is 2. The molecule has 1 unspecified atom stereocenters. The Labute approximate surface area is 373 Å². The van der Waals surface area contributed by atoms with Crippen LogP contribution >= 0.6 is 0 Å². The van der Waals surface area contributed by atoms with E-state index in [1.54, 1.807) is 36.3 Å². The van der Waals surface area contributed by atoms with Crippen LogP contribution in [0.4, 0.5) is 37.6 Å². The van der Waals surface area contributed by atoms with Crippen LogP contribution in [0.3, 0.4) is 0 Å². The Balaban J connectivity index is 0.859. The van der Waals surface area contributed by atoms with E-state index in [9.17, 15) is 24.3 Å². The molecule has 344 valence electrons. The van der Waals surface area contributed by atoms with E-state index in [1.807, 2.05) is 30.6 Å². The number of aliphatic hydroxyl groups excluding tert-OH is 1. The second-order valence-corrected chi connectivity index (χ2v) is 18.9. The van der Waals surface area contributed by atoms with E-state index in [4.69, 9.17) is 9.72 Å². The molecule has 4 N–H and O–H groups in total. The summed E-state index contributed by atoms with van der Waals surface area (Å²) in [5.74, 6) is -2.13. The van der Waals surface area contributed by atoms with Crippen molar-refractivity contribution in [1.82, 2.24) is 25.5 Å². The van der Waals surface area contributed by atoms with Gasteiger partial charge in [0.1, 0.15) is 29.1 Å². The number of hydrogen-bond acceptors (Lipinski definition) is 12. The number of imide groups is 1. The minimum atomic E-state index is -1.03. The van der Waals surface area contributed by atoms with Crippen molar-refractivity contribution < 1.29 is 37.8 Å². The van der Waals surface area contributed by atoms with Crippen molar-refractivity contribution in [3.63, 3.8) is 0 Å². The number of rotatable bonds is 13. The molecule has 2 aromatic carbocycles. The molecule has 5 heterocycles. The van der Waals surface area contributed by atoms with E-state index in [0.717, 1.165) is 58.2 Å². The molecule has 8 rings (SSSR count). The fourth-order valence-electron chi connectivity index (χ4n) is 11.2. The Morgan fingerprint density at radius 3 is 2.45 bits per heavy atom. The lowest BCUT2D eigenvalue weighted by atomic mass is 9.52. The topological polar surface area (TPSA) is 173 Å². The number of ether oxygens (including phenoxy) is 1. The molecule has 3 atom stereocenters. The highest BCUT2D eigenvalue weighted by Crippen LogP contribution is 2.56. The SMILES string of the molecule is CC[C@@H]1C(=O)N(C)c2cnc(Nc3ccc(C(=O)NC4(CCO)CC5(CCN(C[C@H]6CCCN(c7cc(F)c(C8CCC(=O)NC8=O)c(F)c7)C6)CC5)C4)cc3OC)nc2N1C(C)C. The van der Waals surface area contributed by atoms with Gasteiger partial charge >= 0.3 is 0 Å². The van der Waals surface area contributed by atoms with E-state index in [-0.39, 0.29) is 54.3 Å². The number of likely N-dealkylation sites (N-methyl/N-ethyl adjacent to an activating group) is 1. The van der Waals surface area contributed by atoms with Crippen molar-refractivity contribution in [2.75, 3.05) is 73.5 Å². The van der Waals surface area contributed by atoms with Gasteiger partial charge < -0.3 is 40.1 Å². The standard InChI is InChI=1S/C47H61F2N9O6/c1-6-36-44(63)55(4)37-23-50-45(53-41(37)58(36)28(2)3)51-35-11-9-30(20-38(35)64-5)42(61)54-47(15-19-59)26-46(27-47)13-17-56(18-14-46)24-29-8-7-16-57(25-29)31-21-33(48)40(34(49)22-31)32-10-12-39(60)52-43(32)62/h9,11,20-23,28-29,32,36,59H,6-8,10,12-19,24-27H2,1-5H3,(H,54,61)(H,50,51,53)(H,52,60,62)/t29-,32?,36-/m1/s1. The first-order valence-electron chi connectivity index (χ1n) is 22.8. The van der Waals surface area contributed by atoms with Crippen LogP contribution < -0.4 is 35.4 Å². The summed E-state index contributed by atoms with van der Waals surface area (Å²) in [4.78, 5) is 68.4. The number of carbonyl (C=O) groups excluding carboxylic acids is 4. The van der Waals surface area contributed by atoms with Crippen molar-refractivity contribution in [3.8, 4) is 5.75 Å². The number of aromatic nitrogens is 2. The van der Waals surface area contributed by atoms with Gasteiger partial charge in [0.25, 0.3) is 5.91 Å². The summed E-state index contributed by atoms with van der Waals surface area (Å²) < 4.78 is 36.5. The van der Waals surface area contributed by atoms with Gasteiger partial charge in [-0.25, -0.2) is 13.8 Å². The summed E-state index contributed by atoms with van der Waals surface area (Å²) >= 11 is 0. The van der Waals surface area contributed by atoms with Gasteiger partial charge in [0.05, 0.1) is 24.9 Å². The molecular formula is C47H61F2N9O6. The lowest BCUT2D eigenvalue weighted by molar-refractivity contribution is -0.134. The molecule has 1 saturated carbocycles. The van der Waals surface area contributed by atoms with E-state index < -0.39 is 34.9 Å². The van der Waals surface area contributed by atoms with Gasteiger partial charge in [-0.2, -0.15) is 4.98 Å². The smallest absolute Gasteiger partial charge is 0.251 e. The fourth-order valence-corrected chi connectivity index (χ4v) is 11.2. The molecule has 64 heavy (non-hydrogen) atoms. The van der Waals surface area contributed by atoms with Gasteiger partial charge in [-0.3, -0.25) is 24.5 Å². The van der Waals surface area contributed by atoms with Crippen LogP contribution in [-0.4, -0.2) is 115 Å². The third-order valence-corrected chi connectivity index (χ3v) is 14.3. The zero-order chi connectivity index (χ0) is 45.5. The number of anilines is 5. The van der Waals surface area contributed by atoms with Crippen LogP contribution in [0.25, 0.3) is 0 Å². The minimum absolute atomic E-state index is 0.00328. The van der Waals surface area contributed by atoms with E-state index in [1.165, 1.54) is 19.2 Å². The zero-order valence-corrected chi connectivity index (χ0v) is 37.5. The van der Waals surface area contributed by atoms with Crippen molar-refractivity contribution >= 4 is 52.5 Å². The minimum Gasteiger partial charge on any atom is -0.495 e. The molecule has 0 bridgehead atoms. The Bertz CT molecular complexity index is 2260. The Morgan fingerprint density at radius 2 is 1.80 bits per heavy atom. The summed E-state index contributed by atoms with van der Waals surface area (Å²) in [6, 6.07) is 7.52. The van der Waals surface area contributed by atoms with Crippen molar-refractivity contribution in [2.24, 2.45) is 11.3 Å². The normalized spacial score (nSPS) is 23.2. The highest BCUT2D eigenvalue weighted by atomic mass is 19.1. The second kappa shape index (κ2) is 18.2. The van der Waals surface area contributed by atoms with Gasteiger partial charge in [0.2, 0.25) is 23.7 Å². The Morgan fingerprint density at radius 1 is 1.06 bits per heavy atom. The lowest BCUT2D eigenvalue weighted by Gasteiger charge is -2.59. The number of amides is 4. The molecule has 4 amide bonds. The van der Waals surface area contributed by atoms with Crippen LogP contribution in [-0.2, 0) is 14.4 Å². The van der Waals surface area contributed by atoms with Gasteiger partial charge in [-0.05, 0) is 126 Å². The van der Waals surface area contributed by atoms with Crippen molar-refractivity contribution in [2.45, 2.75) is 109 Å². The van der Waals surface area contributed by atoms with Crippen molar-refractivity contribution in [1.29, 1.82) is 0 Å². The zero-order valence-electron chi connectivity index (χ0n) is 37.5. The molecule has 3 aromatic rings. The first kappa shape index (κ1) is 45.2. The van der Waals surface area contributed by atoms with Gasteiger partial charge in [-0.15, -0.1) is 0 Å². The highest BCUT2D eigenvalue weighted by molar-refractivity contribution is 6.04. The monoisotopic (exact) mass is 885 g/mol. The van der Waals surface area contributed by atoms with E-state index >= 15 is 8.78 Å². The predicted molar refractivity (Wildman–Crippen MR) is 239 cm³/mol. The predicted octanol–water partition coefficient (Wildman–Crippen LogP) is 5.64.